The van der Waals surface area contributed by atoms with E-state index in [0.29, 0.717) is 0 Å². The van der Waals surface area contributed by atoms with E-state index >= 15 is 0 Å². The standard InChI is InChI=1S/C13H20N2/c1-9(2)7-13(15-14)12-6-5-10(3)11(4)8-12/h5-8,13,15H,14H2,1-4H3. The molecule has 0 aliphatic rings. The molecule has 0 spiro atoms. The lowest BCUT2D eigenvalue weighted by Crippen LogP contribution is -2.26. The average Bonchev–Trinajstić information content (AvgIpc) is 2.18. The van der Waals surface area contributed by atoms with Crippen LogP contribution in [-0.4, -0.2) is 0 Å². The number of allylic oxidation sites excluding steroid dienone is 1. The molecule has 0 radical (unpaired) electrons. The molecule has 3 N–H and O–H groups in total. The van der Waals surface area contributed by atoms with Crippen LogP contribution in [0.2, 0.25) is 0 Å². The molecule has 1 unspecified atom stereocenters. The van der Waals surface area contributed by atoms with Crippen LogP contribution in [0, 0.1) is 13.8 Å². The van der Waals surface area contributed by atoms with Crippen molar-refractivity contribution in [1.29, 1.82) is 0 Å². The van der Waals surface area contributed by atoms with Crippen molar-refractivity contribution >= 4 is 0 Å². The molecule has 0 amide bonds. The third-order valence-corrected chi connectivity index (χ3v) is 2.57. The van der Waals surface area contributed by atoms with Gasteiger partial charge in [-0.1, -0.05) is 29.8 Å². The minimum Gasteiger partial charge on any atom is -0.271 e. The summed E-state index contributed by atoms with van der Waals surface area (Å²) >= 11 is 0. The first-order valence-electron chi connectivity index (χ1n) is 5.23. The number of nitrogens with one attached hydrogen (secondary N) is 1. The van der Waals surface area contributed by atoms with Crippen molar-refractivity contribution in [2.24, 2.45) is 5.84 Å². The Hall–Kier alpha value is -1.12. The predicted molar refractivity (Wildman–Crippen MR) is 65.4 cm³/mol. The van der Waals surface area contributed by atoms with Gasteiger partial charge in [-0.05, 0) is 44.4 Å². The van der Waals surface area contributed by atoms with Gasteiger partial charge in [0.25, 0.3) is 0 Å². The number of hydrazine groups is 1. The van der Waals surface area contributed by atoms with Crippen LogP contribution in [0.3, 0.4) is 0 Å². The third kappa shape index (κ3) is 3.18. The molecule has 15 heavy (non-hydrogen) atoms. The number of aryl methyl sites for hydroxylation is 2. The van der Waals surface area contributed by atoms with Gasteiger partial charge in [-0.2, -0.15) is 0 Å². The first-order valence-corrected chi connectivity index (χ1v) is 5.23. The van der Waals surface area contributed by atoms with Gasteiger partial charge >= 0.3 is 0 Å². The maximum atomic E-state index is 5.55. The van der Waals surface area contributed by atoms with E-state index in [0.717, 1.165) is 0 Å². The van der Waals surface area contributed by atoms with Crippen LogP contribution in [0.25, 0.3) is 0 Å². The summed E-state index contributed by atoms with van der Waals surface area (Å²) in [6.45, 7) is 8.39. The summed E-state index contributed by atoms with van der Waals surface area (Å²) in [5, 5.41) is 0. The van der Waals surface area contributed by atoms with Crippen molar-refractivity contribution < 1.29 is 0 Å². The quantitative estimate of drug-likeness (QED) is 0.451. The molecule has 0 aliphatic carbocycles. The van der Waals surface area contributed by atoms with Crippen molar-refractivity contribution in [1.82, 2.24) is 5.43 Å². The van der Waals surface area contributed by atoms with Crippen molar-refractivity contribution in [3.05, 3.63) is 46.5 Å². The molecule has 0 fully saturated rings. The lowest BCUT2D eigenvalue weighted by Gasteiger charge is -2.14. The molecule has 0 bridgehead atoms. The zero-order valence-corrected chi connectivity index (χ0v) is 9.96. The molecule has 0 heterocycles. The first-order chi connectivity index (χ1) is 7.04. The lowest BCUT2D eigenvalue weighted by molar-refractivity contribution is 0.651. The Morgan fingerprint density at radius 1 is 1.27 bits per heavy atom. The highest BCUT2D eigenvalue weighted by Gasteiger charge is 2.06. The largest absolute Gasteiger partial charge is 0.271 e. The fourth-order valence-electron chi connectivity index (χ4n) is 1.53. The molecule has 82 valence electrons. The molecular weight excluding hydrogens is 184 g/mol. The van der Waals surface area contributed by atoms with Gasteiger partial charge in [0.2, 0.25) is 0 Å². The topological polar surface area (TPSA) is 38.0 Å². The van der Waals surface area contributed by atoms with E-state index in [4.69, 9.17) is 5.84 Å². The zero-order chi connectivity index (χ0) is 11.4. The molecule has 2 heteroatoms. The van der Waals surface area contributed by atoms with Crippen molar-refractivity contribution in [2.75, 3.05) is 0 Å². The van der Waals surface area contributed by atoms with Crippen LogP contribution in [0.5, 0.6) is 0 Å². The summed E-state index contributed by atoms with van der Waals surface area (Å²) in [6.07, 6.45) is 2.13. The van der Waals surface area contributed by atoms with Crippen LogP contribution in [-0.2, 0) is 0 Å². The van der Waals surface area contributed by atoms with E-state index in [2.05, 4.69) is 57.4 Å². The average molecular weight is 204 g/mol. The molecule has 0 aromatic heterocycles. The summed E-state index contributed by atoms with van der Waals surface area (Å²) in [5.74, 6) is 5.55. The van der Waals surface area contributed by atoms with Gasteiger partial charge in [-0.3, -0.25) is 5.84 Å². The maximum absolute atomic E-state index is 5.55. The monoisotopic (exact) mass is 204 g/mol. The molecule has 0 aliphatic heterocycles. The van der Waals surface area contributed by atoms with Gasteiger partial charge in [0.15, 0.2) is 0 Å². The fourth-order valence-corrected chi connectivity index (χ4v) is 1.53. The second kappa shape index (κ2) is 5.10. The van der Waals surface area contributed by atoms with Crippen LogP contribution in [0.4, 0.5) is 0 Å². The van der Waals surface area contributed by atoms with Crippen molar-refractivity contribution in [3.8, 4) is 0 Å². The predicted octanol–water partition coefficient (Wildman–Crippen LogP) is 2.77. The fraction of sp³-hybridized carbons (Fsp3) is 0.385. The second-order valence-corrected chi connectivity index (χ2v) is 4.23. The van der Waals surface area contributed by atoms with Gasteiger partial charge in [-0.15, -0.1) is 0 Å². The number of hydrogen-bond donors (Lipinski definition) is 2. The Bertz CT molecular complexity index is 363. The van der Waals surface area contributed by atoms with E-state index in [1.165, 1.54) is 22.3 Å². The summed E-state index contributed by atoms with van der Waals surface area (Å²) < 4.78 is 0. The van der Waals surface area contributed by atoms with Crippen LogP contribution < -0.4 is 11.3 Å². The zero-order valence-electron chi connectivity index (χ0n) is 9.96. The van der Waals surface area contributed by atoms with E-state index < -0.39 is 0 Å². The van der Waals surface area contributed by atoms with Gasteiger partial charge in [0.05, 0.1) is 6.04 Å². The molecule has 2 nitrogen and oxygen atoms in total. The number of hydrogen-bond acceptors (Lipinski definition) is 2. The number of rotatable bonds is 3. The molecule has 1 atom stereocenters. The highest BCUT2D eigenvalue weighted by molar-refractivity contribution is 5.33. The van der Waals surface area contributed by atoms with Crippen molar-refractivity contribution in [3.63, 3.8) is 0 Å². The number of benzene rings is 1. The highest BCUT2D eigenvalue weighted by atomic mass is 15.2. The third-order valence-electron chi connectivity index (χ3n) is 2.57. The molecule has 1 aromatic rings. The van der Waals surface area contributed by atoms with Crippen LogP contribution in [0.1, 0.15) is 36.6 Å². The number of nitrogens with two attached hydrogens (primary N) is 1. The first kappa shape index (κ1) is 12.0. The highest BCUT2D eigenvalue weighted by Crippen LogP contribution is 2.18. The van der Waals surface area contributed by atoms with E-state index in [1.807, 2.05) is 0 Å². The van der Waals surface area contributed by atoms with Gasteiger partial charge in [-0.25, -0.2) is 5.43 Å². The smallest absolute Gasteiger partial charge is 0.0643 e. The second-order valence-electron chi connectivity index (χ2n) is 4.23. The van der Waals surface area contributed by atoms with Gasteiger partial charge in [0, 0.05) is 0 Å². The summed E-state index contributed by atoms with van der Waals surface area (Å²) in [6, 6.07) is 6.54. The Morgan fingerprint density at radius 2 is 1.93 bits per heavy atom. The SMILES string of the molecule is CC(C)=CC(NN)c1ccc(C)c(C)c1. The lowest BCUT2D eigenvalue weighted by atomic mass is 10.0. The Morgan fingerprint density at radius 3 is 2.40 bits per heavy atom. The summed E-state index contributed by atoms with van der Waals surface area (Å²) in [4.78, 5) is 0. The maximum Gasteiger partial charge on any atom is 0.0643 e. The van der Waals surface area contributed by atoms with Crippen LogP contribution >= 0.6 is 0 Å². The van der Waals surface area contributed by atoms with E-state index in [-0.39, 0.29) is 6.04 Å². The summed E-state index contributed by atoms with van der Waals surface area (Å²) in [5.41, 5.74) is 7.90. The van der Waals surface area contributed by atoms with E-state index in [1.54, 1.807) is 0 Å². The van der Waals surface area contributed by atoms with Gasteiger partial charge < -0.3 is 0 Å². The molecule has 1 rings (SSSR count). The molecular formula is C13H20N2. The summed E-state index contributed by atoms with van der Waals surface area (Å²) in [7, 11) is 0. The van der Waals surface area contributed by atoms with Gasteiger partial charge in [0.1, 0.15) is 0 Å². The molecule has 0 saturated carbocycles. The minimum atomic E-state index is 0.106. The Balaban J connectivity index is 3.03. The Kier molecular flexibility index (Phi) is 4.06. The normalized spacial score (nSPS) is 12.3. The van der Waals surface area contributed by atoms with Crippen LogP contribution in [0.15, 0.2) is 29.8 Å². The molecule has 1 aromatic carbocycles. The minimum absolute atomic E-state index is 0.106. The van der Waals surface area contributed by atoms with Crippen molar-refractivity contribution in [2.45, 2.75) is 33.7 Å². The van der Waals surface area contributed by atoms with E-state index in [9.17, 15) is 0 Å². The Labute approximate surface area is 92.2 Å². The molecule has 0 saturated heterocycles.